The van der Waals surface area contributed by atoms with Crippen LogP contribution in [0.1, 0.15) is 0 Å². The van der Waals surface area contributed by atoms with E-state index in [0.717, 1.165) is 29.6 Å². The second kappa shape index (κ2) is 5.25. The summed E-state index contributed by atoms with van der Waals surface area (Å²) in [6.45, 7) is 0. The van der Waals surface area contributed by atoms with Crippen LogP contribution in [0.15, 0.2) is 29.2 Å². The number of amides is 1. The van der Waals surface area contributed by atoms with Gasteiger partial charge in [0.15, 0.2) is 0 Å². The molecule has 1 amide bonds. The van der Waals surface area contributed by atoms with Crippen molar-refractivity contribution in [3.05, 3.63) is 29.3 Å². The number of carboxylic acid groups (broad SMARTS) is 1. The molecule has 0 fully saturated rings. The van der Waals surface area contributed by atoms with Crippen molar-refractivity contribution in [1.82, 2.24) is 5.32 Å². The first-order valence-corrected chi connectivity index (χ1v) is 6.53. The molecule has 0 bridgehead atoms. The van der Waals surface area contributed by atoms with Crippen molar-refractivity contribution < 1.29 is 31.5 Å². The Bertz CT molecular complexity index is 570. The molecule has 0 aromatic heterocycles. The van der Waals surface area contributed by atoms with Crippen LogP contribution in [0.2, 0.25) is 5.02 Å². The van der Waals surface area contributed by atoms with Gasteiger partial charge in [-0.05, 0) is 24.3 Å². The summed E-state index contributed by atoms with van der Waals surface area (Å²) in [5.41, 5.74) is 0. The Hall–Kier alpha value is -1.48. The van der Waals surface area contributed by atoms with Crippen LogP contribution < -0.4 is 5.32 Å². The molecule has 1 aromatic rings. The number of sulfone groups is 1. The van der Waals surface area contributed by atoms with Gasteiger partial charge in [0.05, 0.1) is 4.90 Å². The van der Waals surface area contributed by atoms with Crippen LogP contribution in [0.25, 0.3) is 0 Å². The smallest absolute Gasteiger partial charge is 0.423 e. The van der Waals surface area contributed by atoms with E-state index in [0.29, 0.717) is 0 Å². The highest BCUT2D eigenvalue weighted by molar-refractivity contribution is 7.92. The standard InChI is InChI=1S/C9H7ClF3NO4S/c10-5-1-3-6(4-2-5)19(17,18)7(9(11,12)13)14-8(15)16/h1-4,7,14H,(H,15,16). The molecule has 0 heterocycles. The highest BCUT2D eigenvalue weighted by atomic mass is 35.5. The fourth-order valence-electron chi connectivity index (χ4n) is 1.21. The van der Waals surface area contributed by atoms with Gasteiger partial charge in [0.1, 0.15) is 0 Å². The van der Waals surface area contributed by atoms with Crippen molar-refractivity contribution >= 4 is 27.5 Å². The van der Waals surface area contributed by atoms with Crippen LogP contribution in [0, 0.1) is 0 Å². The summed E-state index contributed by atoms with van der Waals surface area (Å²) in [4.78, 5) is 9.60. The molecule has 0 aliphatic rings. The zero-order chi connectivity index (χ0) is 14.8. The van der Waals surface area contributed by atoms with Gasteiger partial charge in [0.25, 0.3) is 0 Å². The van der Waals surface area contributed by atoms with Gasteiger partial charge in [0.2, 0.25) is 15.2 Å². The Balaban J connectivity index is 3.27. The summed E-state index contributed by atoms with van der Waals surface area (Å²) in [6.07, 6.45) is -7.38. The van der Waals surface area contributed by atoms with Gasteiger partial charge in [-0.15, -0.1) is 0 Å². The predicted octanol–water partition coefficient (Wildman–Crippen LogP) is 2.27. The molecule has 0 saturated carbocycles. The quantitative estimate of drug-likeness (QED) is 0.895. The zero-order valence-electron chi connectivity index (χ0n) is 8.98. The van der Waals surface area contributed by atoms with Gasteiger partial charge in [0, 0.05) is 5.02 Å². The Morgan fingerprint density at radius 3 is 2.11 bits per heavy atom. The van der Waals surface area contributed by atoms with E-state index in [2.05, 4.69) is 0 Å². The SMILES string of the molecule is O=C(O)NC(C(F)(F)F)S(=O)(=O)c1ccc(Cl)cc1. The Labute approximate surface area is 110 Å². The van der Waals surface area contributed by atoms with Crippen molar-refractivity contribution in [3.8, 4) is 0 Å². The molecule has 1 aromatic carbocycles. The monoisotopic (exact) mass is 317 g/mol. The average Bonchev–Trinajstić information content (AvgIpc) is 2.24. The molecule has 0 radical (unpaired) electrons. The van der Waals surface area contributed by atoms with E-state index in [-0.39, 0.29) is 5.02 Å². The van der Waals surface area contributed by atoms with Gasteiger partial charge >= 0.3 is 12.3 Å². The number of rotatable bonds is 3. The lowest BCUT2D eigenvalue weighted by molar-refractivity contribution is -0.134. The van der Waals surface area contributed by atoms with E-state index in [1.807, 2.05) is 0 Å². The first kappa shape index (κ1) is 15.6. The predicted molar refractivity (Wildman–Crippen MR) is 59.6 cm³/mol. The third-order valence-electron chi connectivity index (χ3n) is 2.00. The number of benzene rings is 1. The van der Waals surface area contributed by atoms with Gasteiger partial charge in [-0.2, -0.15) is 13.2 Å². The number of hydrogen-bond donors (Lipinski definition) is 2. The average molecular weight is 318 g/mol. The molecule has 10 heteroatoms. The first-order valence-electron chi connectivity index (χ1n) is 4.61. The highest BCUT2D eigenvalue weighted by Crippen LogP contribution is 2.29. The van der Waals surface area contributed by atoms with Crippen LogP contribution in [-0.4, -0.2) is 31.2 Å². The Kier molecular flexibility index (Phi) is 4.31. The fraction of sp³-hybridized carbons (Fsp3) is 0.222. The molecule has 0 spiro atoms. The van der Waals surface area contributed by atoms with Crippen molar-refractivity contribution in [3.63, 3.8) is 0 Å². The molecular weight excluding hydrogens is 311 g/mol. The zero-order valence-corrected chi connectivity index (χ0v) is 10.6. The molecule has 5 nitrogen and oxygen atoms in total. The minimum atomic E-state index is -5.28. The summed E-state index contributed by atoms with van der Waals surface area (Å²) in [5.74, 6) is 0. The lowest BCUT2D eigenvalue weighted by atomic mass is 10.4. The molecule has 0 aliphatic heterocycles. The number of hydrogen-bond acceptors (Lipinski definition) is 3. The molecule has 1 rings (SSSR count). The number of halogens is 4. The summed E-state index contributed by atoms with van der Waals surface area (Å²) in [5, 5.41) is 6.14. The molecule has 1 atom stereocenters. The third-order valence-corrected chi connectivity index (χ3v) is 4.19. The van der Waals surface area contributed by atoms with E-state index < -0.39 is 32.4 Å². The molecule has 1 unspecified atom stereocenters. The van der Waals surface area contributed by atoms with Crippen LogP contribution in [0.4, 0.5) is 18.0 Å². The summed E-state index contributed by atoms with van der Waals surface area (Å²) >= 11 is 5.49. The molecule has 2 N–H and O–H groups in total. The van der Waals surface area contributed by atoms with Gasteiger partial charge < -0.3 is 5.11 Å². The third kappa shape index (κ3) is 3.74. The minimum Gasteiger partial charge on any atom is -0.465 e. The second-order valence-electron chi connectivity index (χ2n) is 3.37. The number of carbonyl (C=O) groups is 1. The van der Waals surface area contributed by atoms with Crippen LogP contribution in [-0.2, 0) is 9.84 Å². The van der Waals surface area contributed by atoms with E-state index in [9.17, 15) is 26.4 Å². The summed E-state index contributed by atoms with van der Waals surface area (Å²) in [7, 11) is -4.95. The van der Waals surface area contributed by atoms with Crippen molar-refractivity contribution in [2.24, 2.45) is 0 Å². The van der Waals surface area contributed by atoms with E-state index in [4.69, 9.17) is 16.7 Å². The van der Waals surface area contributed by atoms with Crippen LogP contribution in [0.5, 0.6) is 0 Å². The van der Waals surface area contributed by atoms with Crippen molar-refractivity contribution in [2.45, 2.75) is 16.4 Å². The maximum absolute atomic E-state index is 12.6. The van der Waals surface area contributed by atoms with Gasteiger partial charge in [-0.1, -0.05) is 11.6 Å². The Morgan fingerprint density at radius 1 is 1.26 bits per heavy atom. The highest BCUT2D eigenvalue weighted by Gasteiger charge is 2.50. The minimum absolute atomic E-state index is 0.133. The van der Waals surface area contributed by atoms with E-state index >= 15 is 0 Å². The maximum atomic E-state index is 12.6. The molecule has 106 valence electrons. The van der Waals surface area contributed by atoms with Crippen LogP contribution in [0.3, 0.4) is 0 Å². The Morgan fingerprint density at radius 2 is 1.74 bits per heavy atom. The topological polar surface area (TPSA) is 83.5 Å². The van der Waals surface area contributed by atoms with Crippen molar-refractivity contribution in [1.29, 1.82) is 0 Å². The molecular formula is C9H7ClF3NO4S. The summed E-state index contributed by atoms with van der Waals surface area (Å²) < 4.78 is 61.3. The number of nitrogens with one attached hydrogen (secondary N) is 1. The number of alkyl halides is 3. The van der Waals surface area contributed by atoms with Crippen molar-refractivity contribution in [2.75, 3.05) is 0 Å². The largest absolute Gasteiger partial charge is 0.465 e. The maximum Gasteiger partial charge on any atom is 0.423 e. The first-order chi connectivity index (χ1) is 8.55. The molecule has 0 saturated heterocycles. The normalized spacial score (nSPS) is 13.9. The van der Waals surface area contributed by atoms with E-state index in [1.165, 1.54) is 0 Å². The lowest BCUT2D eigenvalue weighted by Crippen LogP contribution is -2.50. The second-order valence-corrected chi connectivity index (χ2v) is 5.84. The van der Waals surface area contributed by atoms with Gasteiger partial charge in [-0.3, -0.25) is 5.32 Å². The van der Waals surface area contributed by atoms with Crippen LogP contribution >= 0.6 is 11.6 Å². The van der Waals surface area contributed by atoms with Gasteiger partial charge in [-0.25, -0.2) is 13.2 Å². The summed E-state index contributed by atoms with van der Waals surface area (Å²) in [6, 6.07) is 3.89. The molecule has 0 aliphatic carbocycles. The molecule has 19 heavy (non-hydrogen) atoms. The van der Waals surface area contributed by atoms with E-state index in [1.54, 1.807) is 0 Å². The lowest BCUT2D eigenvalue weighted by Gasteiger charge is -2.20. The fourth-order valence-corrected chi connectivity index (χ4v) is 2.73.